The Bertz CT molecular complexity index is 1450. The van der Waals surface area contributed by atoms with Gasteiger partial charge in [0.1, 0.15) is 0 Å². The van der Waals surface area contributed by atoms with Gasteiger partial charge in [-0.25, -0.2) is 0 Å². The molecule has 6 nitrogen and oxygen atoms in total. The molecule has 4 aromatic rings. The summed E-state index contributed by atoms with van der Waals surface area (Å²) >= 11 is 11.9. The van der Waals surface area contributed by atoms with Crippen LogP contribution < -0.4 is 20.3 Å². The van der Waals surface area contributed by atoms with E-state index in [9.17, 15) is 4.79 Å². The standard InChI is InChI=1S/C29H30ClN3O3S/c1-19-4-10-25-22(14-19)16-23(28(34)32-25)18-33(17-21-5-8-24(30)9-6-21)29(37)31-13-12-20-7-11-26(35-2)27(15-20)36-3/h4-11,14-16H,12-13,17-18H2,1-3H3,(H,31,37)(H,32,34). The summed E-state index contributed by atoms with van der Waals surface area (Å²) in [6.45, 7) is 3.56. The molecule has 4 rings (SSSR count). The van der Waals surface area contributed by atoms with E-state index in [2.05, 4.69) is 16.4 Å². The van der Waals surface area contributed by atoms with E-state index < -0.39 is 0 Å². The van der Waals surface area contributed by atoms with Gasteiger partial charge in [0.15, 0.2) is 16.6 Å². The molecule has 0 aliphatic heterocycles. The summed E-state index contributed by atoms with van der Waals surface area (Å²) < 4.78 is 10.7. The average Bonchev–Trinajstić information content (AvgIpc) is 2.89. The Morgan fingerprint density at radius 2 is 1.68 bits per heavy atom. The first-order chi connectivity index (χ1) is 17.9. The molecule has 8 heteroatoms. The van der Waals surface area contributed by atoms with Gasteiger partial charge in [-0.2, -0.15) is 0 Å². The maximum absolute atomic E-state index is 12.9. The van der Waals surface area contributed by atoms with E-state index in [4.69, 9.17) is 33.3 Å². The fourth-order valence-electron chi connectivity index (χ4n) is 4.17. The number of benzene rings is 3. The van der Waals surface area contributed by atoms with Crippen LogP contribution in [0.1, 0.15) is 22.3 Å². The van der Waals surface area contributed by atoms with Crippen LogP contribution in [-0.2, 0) is 19.5 Å². The Morgan fingerprint density at radius 3 is 2.41 bits per heavy atom. The van der Waals surface area contributed by atoms with Gasteiger partial charge in [0.05, 0.1) is 20.8 Å². The van der Waals surface area contributed by atoms with E-state index in [1.165, 1.54) is 0 Å². The molecule has 192 valence electrons. The minimum absolute atomic E-state index is 0.120. The van der Waals surface area contributed by atoms with Gasteiger partial charge >= 0.3 is 0 Å². The van der Waals surface area contributed by atoms with Crippen molar-refractivity contribution in [2.75, 3.05) is 20.8 Å². The lowest BCUT2D eigenvalue weighted by molar-refractivity contribution is 0.354. The third-order valence-electron chi connectivity index (χ3n) is 6.15. The number of aryl methyl sites for hydroxylation is 1. The number of nitrogens with one attached hydrogen (secondary N) is 2. The topological polar surface area (TPSA) is 66.6 Å². The fourth-order valence-corrected chi connectivity index (χ4v) is 4.52. The van der Waals surface area contributed by atoms with Crippen molar-refractivity contribution >= 4 is 39.8 Å². The Hall–Kier alpha value is -3.55. The van der Waals surface area contributed by atoms with E-state index in [0.29, 0.717) is 46.8 Å². The highest BCUT2D eigenvalue weighted by molar-refractivity contribution is 7.80. The SMILES string of the molecule is COc1ccc(CCNC(=S)N(Cc2ccc(Cl)cc2)Cc2cc3cc(C)ccc3[nH]c2=O)cc1OC. The van der Waals surface area contributed by atoms with E-state index in [-0.39, 0.29) is 5.56 Å². The summed E-state index contributed by atoms with van der Waals surface area (Å²) in [7, 11) is 3.24. The smallest absolute Gasteiger partial charge is 0.253 e. The molecule has 0 saturated heterocycles. The van der Waals surface area contributed by atoms with Crippen molar-refractivity contribution < 1.29 is 9.47 Å². The Kier molecular flexibility index (Phi) is 8.69. The van der Waals surface area contributed by atoms with Crippen molar-refractivity contribution in [3.63, 3.8) is 0 Å². The van der Waals surface area contributed by atoms with E-state index >= 15 is 0 Å². The number of methoxy groups -OCH3 is 2. The predicted octanol–water partition coefficient (Wildman–Crippen LogP) is 5.63. The van der Waals surface area contributed by atoms with Gasteiger partial charge in [-0.15, -0.1) is 0 Å². The number of H-pyrrole nitrogens is 1. The van der Waals surface area contributed by atoms with Gasteiger partial charge in [-0.3, -0.25) is 4.79 Å². The van der Waals surface area contributed by atoms with Crippen LogP contribution in [0.4, 0.5) is 0 Å². The number of fused-ring (bicyclic) bond motifs is 1. The second kappa shape index (κ2) is 12.1. The van der Waals surface area contributed by atoms with Crippen LogP contribution in [0.15, 0.2) is 71.5 Å². The van der Waals surface area contributed by atoms with Crippen LogP contribution in [0.2, 0.25) is 5.02 Å². The summed E-state index contributed by atoms with van der Waals surface area (Å²) in [5, 5.41) is 5.60. The number of ether oxygens (including phenoxy) is 2. The number of halogens is 1. The third kappa shape index (κ3) is 6.81. The van der Waals surface area contributed by atoms with Crippen LogP contribution in [0, 0.1) is 6.92 Å². The molecule has 0 amide bonds. The summed E-state index contributed by atoms with van der Waals surface area (Å²) in [6, 6.07) is 21.4. The summed E-state index contributed by atoms with van der Waals surface area (Å²) in [5.74, 6) is 1.39. The van der Waals surface area contributed by atoms with Gasteiger partial charge in [0, 0.05) is 29.2 Å². The molecular formula is C29H30ClN3O3S. The monoisotopic (exact) mass is 535 g/mol. The van der Waals surface area contributed by atoms with Gasteiger partial charge in [-0.05, 0) is 84.5 Å². The van der Waals surface area contributed by atoms with Crippen LogP contribution >= 0.6 is 23.8 Å². The van der Waals surface area contributed by atoms with Crippen LogP contribution in [0.5, 0.6) is 11.5 Å². The highest BCUT2D eigenvalue weighted by Crippen LogP contribution is 2.27. The van der Waals surface area contributed by atoms with Crippen molar-refractivity contribution in [2.45, 2.75) is 26.4 Å². The van der Waals surface area contributed by atoms with Gasteiger partial charge in [0.2, 0.25) is 0 Å². The Labute approximate surface area is 227 Å². The molecule has 37 heavy (non-hydrogen) atoms. The maximum Gasteiger partial charge on any atom is 0.253 e. The number of nitrogens with zero attached hydrogens (tertiary/aromatic N) is 1. The van der Waals surface area contributed by atoms with Crippen molar-refractivity contribution in [2.24, 2.45) is 0 Å². The van der Waals surface area contributed by atoms with Crippen molar-refractivity contribution in [3.8, 4) is 11.5 Å². The second-order valence-corrected chi connectivity index (χ2v) is 9.69. The van der Waals surface area contributed by atoms with E-state index in [1.54, 1.807) is 14.2 Å². The van der Waals surface area contributed by atoms with Crippen molar-refractivity contribution in [1.82, 2.24) is 15.2 Å². The minimum atomic E-state index is -0.120. The highest BCUT2D eigenvalue weighted by atomic mass is 35.5. The number of rotatable bonds is 9. The average molecular weight is 536 g/mol. The molecule has 1 heterocycles. The predicted molar refractivity (Wildman–Crippen MR) is 154 cm³/mol. The number of hydrogen-bond acceptors (Lipinski definition) is 4. The summed E-state index contributed by atoms with van der Waals surface area (Å²) in [5.41, 5.74) is 4.62. The first-order valence-electron chi connectivity index (χ1n) is 12.0. The molecule has 0 atom stereocenters. The molecule has 0 saturated carbocycles. The molecule has 0 radical (unpaired) electrons. The molecule has 0 fully saturated rings. The first-order valence-corrected chi connectivity index (χ1v) is 12.8. The van der Waals surface area contributed by atoms with E-state index in [1.807, 2.05) is 72.5 Å². The molecule has 0 aliphatic rings. The normalized spacial score (nSPS) is 10.8. The lowest BCUT2D eigenvalue weighted by Crippen LogP contribution is -2.40. The lowest BCUT2D eigenvalue weighted by atomic mass is 10.1. The van der Waals surface area contributed by atoms with Crippen molar-refractivity contribution in [1.29, 1.82) is 0 Å². The zero-order valence-corrected chi connectivity index (χ0v) is 22.7. The lowest BCUT2D eigenvalue weighted by Gasteiger charge is -2.26. The Balaban J connectivity index is 1.52. The quantitative estimate of drug-likeness (QED) is 0.271. The first kappa shape index (κ1) is 26.5. The number of pyridine rings is 1. The number of aromatic amines is 1. The van der Waals surface area contributed by atoms with Crippen LogP contribution in [0.3, 0.4) is 0 Å². The molecule has 0 bridgehead atoms. The molecule has 2 N–H and O–H groups in total. The molecule has 1 aromatic heterocycles. The number of aromatic nitrogens is 1. The second-order valence-electron chi connectivity index (χ2n) is 8.87. The number of thiocarbonyl (C=S) groups is 1. The summed E-state index contributed by atoms with van der Waals surface area (Å²) in [4.78, 5) is 17.9. The molecule has 0 unspecified atom stereocenters. The molecule has 3 aromatic carbocycles. The largest absolute Gasteiger partial charge is 0.493 e. The van der Waals surface area contributed by atoms with Gasteiger partial charge in [0.25, 0.3) is 5.56 Å². The van der Waals surface area contributed by atoms with Gasteiger partial charge in [-0.1, -0.05) is 41.4 Å². The maximum atomic E-state index is 12.9. The zero-order chi connectivity index (χ0) is 26.4. The fraction of sp³-hybridized carbons (Fsp3) is 0.241. The molecule has 0 aliphatic carbocycles. The van der Waals surface area contributed by atoms with Crippen LogP contribution in [-0.4, -0.2) is 35.8 Å². The zero-order valence-electron chi connectivity index (χ0n) is 21.1. The minimum Gasteiger partial charge on any atom is -0.493 e. The Morgan fingerprint density at radius 1 is 0.946 bits per heavy atom. The summed E-state index contributed by atoms with van der Waals surface area (Å²) in [6.07, 6.45) is 0.741. The molecule has 0 spiro atoms. The van der Waals surface area contributed by atoms with E-state index in [0.717, 1.165) is 34.0 Å². The van der Waals surface area contributed by atoms with Crippen LogP contribution in [0.25, 0.3) is 10.9 Å². The third-order valence-corrected chi connectivity index (χ3v) is 6.80. The highest BCUT2D eigenvalue weighted by Gasteiger charge is 2.15. The molecular weight excluding hydrogens is 506 g/mol. The number of hydrogen-bond donors (Lipinski definition) is 2. The van der Waals surface area contributed by atoms with Gasteiger partial charge < -0.3 is 24.7 Å². The van der Waals surface area contributed by atoms with Crippen molar-refractivity contribution in [3.05, 3.63) is 104 Å².